The number of nitrogens with zero attached hydrogens (tertiary/aromatic N) is 2. The molecule has 94 valence electrons. The molecule has 1 heterocycles. The standard InChI is InChI=1S/C12H11FIN3O/c1-7-16-5-10(14)12(18)17(7)6-8-2-3-9(13)4-11(8)15/h2-5H,6,15H2,1H3. The average molecular weight is 359 g/mol. The van der Waals surface area contributed by atoms with Crippen LogP contribution >= 0.6 is 22.6 Å². The Labute approximate surface area is 117 Å². The highest BCUT2D eigenvalue weighted by molar-refractivity contribution is 14.1. The Morgan fingerprint density at radius 3 is 2.89 bits per heavy atom. The van der Waals surface area contributed by atoms with Gasteiger partial charge in [-0.1, -0.05) is 6.07 Å². The van der Waals surface area contributed by atoms with Crippen molar-refractivity contribution in [2.75, 3.05) is 5.73 Å². The maximum absolute atomic E-state index is 12.9. The lowest BCUT2D eigenvalue weighted by Gasteiger charge is -2.11. The number of halogens is 2. The van der Waals surface area contributed by atoms with Crippen molar-refractivity contribution in [2.24, 2.45) is 0 Å². The number of hydrogen-bond acceptors (Lipinski definition) is 3. The molecule has 0 bridgehead atoms. The van der Waals surface area contributed by atoms with Crippen molar-refractivity contribution in [3.63, 3.8) is 0 Å². The van der Waals surface area contributed by atoms with Gasteiger partial charge in [0.25, 0.3) is 5.56 Å². The molecule has 0 fully saturated rings. The lowest BCUT2D eigenvalue weighted by molar-refractivity contribution is 0.626. The molecule has 2 aromatic rings. The zero-order chi connectivity index (χ0) is 13.3. The Kier molecular flexibility index (Phi) is 3.65. The van der Waals surface area contributed by atoms with Crippen molar-refractivity contribution in [3.05, 3.63) is 55.5 Å². The third-order valence-electron chi connectivity index (χ3n) is 2.64. The fraction of sp³-hybridized carbons (Fsp3) is 0.167. The van der Waals surface area contributed by atoms with Crippen LogP contribution in [0.25, 0.3) is 0 Å². The summed E-state index contributed by atoms with van der Waals surface area (Å²) < 4.78 is 15.0. The molecule has 1 aromatic heterocycles. The van der Waals surface area contributed by atoms with Gasteiger partial charge in [-0.25, -0.2) is 9.37 Å². The van der Waals surface area contributed by atoms with Gasteiger partial charge in [-0.15, -0.1) is 0 Å². The number of nitrogen functional groups attached to an aromatic ring is 1. The van der Waals surface area contributed by atoms with Gasteiger partial charge in [0.1, 0.15) is 11.6 Å². The minimum atomic E-state index is -0.388. The zero-order valence-corrected chi connectivity index (χ0v) is 11.8. The van der Waals surface area contributed by atoms with E-state index in [1.807, 2.05) is 22.6 Å². The summed E-state index contributed by atoms with van der Waals surface area (Å²) in [6.07, 6.45) is 1.53. The number of hydrogen-bond donors (Lipinski definition) is 1. The molecule has 0 unspecified atom stereocenters. The van der Waals surface area contributed by atoms with E-state index < -0.39 is 0 Å². The van der Waals surface area contributed by atoms with E-state index in [9.17, 15) is 9.18 Å². The summed E-state index contributed by atoms with van der Waals surface area (Å²) in [6.45, 7) is 2.04. The van der Waals surface area contributed by atoms with E-state index in [4.69, 9.17) is 5.73 Å². The van der Waals surface area contributed by atoms with Gasteiger partial charge in [-0.05, 0) is 47.2 Å². The number of aryl methyl sites for hydroxylation is 1. The second kappa shape index (κ2) is 5.05. The number of aromatic nitrogens is 2. The van der Waals surface area contributed by atoms with Crippen LogP contribution in [0.2, 0.25) is 0 Å². The Morgan fingerprint density at radius 2 is 2.22 bits per heavy atom. The largest absolute Gasteiger partial charge is 0.398 e. The first-order chi connectivity index (χ1) is 8.49. The van der Waals surface area contributed by atoms with E-state index >= 15 is 0 Å². The monoisotopic (exact) mass is 359 g/mol. The summed E-state index contributed by atoms with van der Waals surface area (Å²) in [5.74, 6) is 0.213. The molecular formula is C12H11FIN3O. The molecule has 1 aromatic carbocycles. The van der Waals surface area contributed by atoms with Crippen molar-refractivity contribution < 1.29 is 4.39 Å². The van der Waals surface area contributed by atoms with Crippen LogP contribution in [0, 0.1) is 16.3 Å². The second-order valence-corrected chi connectivity index (χ2v) is 5.05. The van der Waals surface area contributed by atoms with Crippen LogP contribution in [0.5, 0.6) is 0 Å². The molecule has 0 radical (unpaired) electrons. The summed E-state index contributed by atoms with van der Waals surface area (Å²) >= 11 is 1.94. The second-order valence-electron chi connectivity index (χ2n) is 3.89. The van der Waals surface area contributed by atoms with Crippen LogP contribution in [0.4, 0.5) is 10.1 Å². The molecule has 0 atom stereocenters. The lowest BCUT2D eigenvalue weighted by atomic mass is 10.1. The third-order valence-corrected chi connectivity index (χ3v) is 3.38. The molecule has 4 nitrogen and oxygen atoms in total. The normalized spacial score (nSPS) is 10.6. The van der Waals surface area contributed by atoms with E-state index in [1.54, 1.807) is 13.0 Å². The van der Waals surface area contributed by atoms with Gasteiger partial charge < -0.3 is 5.73 Å². The topological polar surface area (TPSA) is 60.9 Å². The van der Waals surface area contributed by atoms with Crippen LogP contribution in [0.3, 0.4) is 0 Å². The zero-order valence-electron chi connectivity index (χ0n) is 9.65. The van der Waals surface area contributed by atoms with Gasteiger partial charge in [0.2, 0.25) is 0 Å². The first-order valence-corrected chi connectivity index (χ1v) is 6.33. The summed E-state index contributed by atoms with van der Waals surface area (Å²) in [5, 5.41) is 0. The van der Waals surface area contributed by atoms with Crippen LogP contribution in [0.1, 0.15) is 11.4 Å². The van der Waals surface area contributed by atoms with Crippen molar-refractivity contribution >= 4 is 28.3 Å². The Hall–Kier alpha value is -1.44. The van der Waals surface area contributed by atoms with Crippen molar-refractivity contribution in [1.82, 2.24) is 9.55 Å². The molecular weight excluding hydrogens is 348 g/mol. The first kappa shape index (κ1) is 13.0. The van der Waals surface area contributed by atoms with Gasteiger partial charge in [0, 0.05) is 11.9 Å². The molecule has 0 spiro atoms. The molecule has 0 aliphatic carbocycles. The highest BCUT2D eigenvalue weighted by atomic mass is 127. The summed E-state index contributed by atoms with van der Waals surface area (Å²) in [4.78, 5) is 16.1. The van der Waals surface area contributed by atoms with Gasteiger partial charge >= 0.3 is 0 Å². The molecule has 0 saturated heterocycles. The van der Waals surface area contributed by atoms with E-state index in [0.29, 0.717) is 27.2 Å². The maximum Gasteiger partial charge on any atom is 0.267 e. The SMILES string of the molecule is Cc1ncc(I)c(=O)n1Cc1ccc(F)cc1N. The fourth-order valence-electron chi connectivity index (χ4n) is 1.62. The van der Waals surface area contributed by atoms with Gasteiger partial charge in [0.15, 0.2) is 0 Å². The summed E-state index contributed by atoms with van der Waals surface area (Å²) in [6, 6.07) is 4.15. The molecule has 0 aliphatic heterocycles. The van der Waals surface area contributed by atoms with Crippen molar-refractivity contribution in [2.45, 2.75) is 13.5 Å². The highest BCUT2D eigenvalue weighted by Gasteiger charge is 2.08. The first-order valence-electron chi connectivity index (χ1n) is 5.25. The minimum Gasteiger partial charge on any atom is -0.398 e. The number of benzene rings is 1. The van der Waals surface area contributed by atoms with Crippen molar-refractivity contribution in [3.8, 4) is 0 Å². The number of anilines is 1. The van der Waals surface area contributed by atoms with Gasteiger partial charge in [-0.2, -0.15) is 0 Å². The van der Waals surface area contributed by atoms with E-state index in [0.717, 1.165) is 0 Å². The van der Waals surface area contributed by atoms with Crippen LogP contribution in [0.15, 0.2) is 29.2 Å². The van der Waals surface area contributed by atoms with Crippen LogP contribution < -0.4 is 11.3 Å². The smallest absolute Gasteiger partial charge is 0.267 e. The molecule has 2 rings (SSSR count). The van der Waals surface area contributed by atoms with Crippen molar-refractivity contribution in [1.29, 1.82) is 0 Å². The molecule has 0 aliphatic rings. The lowest BCUT2D eigenvalue weighted by Crippen LogP contribution is -2.26. The highest BCUT2D eigenvalue weighted by Crippen LogP contribution is 2.14. The van der Waals surface area contributed by atoms with E-state index in [2.05, 4.69) is 4.98 Å². The Balaban J connectivity index is 2.46. The van der Waals surface area contributed by atoms with E-state index in [-0.39, 0.29) is 11.4 Å². The predicted molar refractivity (Wildman–Crippen MR) is 75.9 cm³/mol. The summed E-state index contributed by atoms with van der Waals surface area (Å²) in [7, 11) is 0. The molecule has 0 amide bonds. The van der Waals surface area contributed by atoms with Crippen LogP contribution in [-0.4, -0.2) is 9.55 Å². The van der Waals surface area contributed by atoms with E-state index in [1.165, 1.54) is 22.9 Å². The number of rotatable bonds is 2. The molecule has 6 heteroatoms. The average Bonchev–Trinajstić information content (AvgIpc) is 2.32. The fourth-order valence-corrected chi connectivity index (χ4v) is 2.05. The van der Waals surface area contributed by atoms with Gasteiger partial charge in [0.05, 0.1) is 10.1 Å². The Morgan fingerprint density at radius 1 is 1.50 bits per heavy atom. The quantitative estimate of drug-likeness (QED) is 0.659. The maximum atomic E-state index is 12.9. The predicted octanol–water partition coefficient (Wildman–Crippen LogP) is 1.93. The minimum absolute atomic E-state index is 0.119. The Bertz CT molecular complexity index is 654. The van der Waals surface area contributed by atoms with Crippen LogP contribution in [-0.2, 0) is 6.54 Å². The van der Waals surface area contributed by atoms with Gasteiger partial charge in [-0.3, -0.25) is 9.36 Å². The third kappa shape index (κ3) is 2.53. The summed E-state index contributed by atoms with van der Waals surface area (Å²) in [5.41, 5.74) is 6.64. The molecule has 0 saturated carbocycles. The number of nitrogens with two attached hydrogens (primary N) is 1. The molecule has 18 heavy (non-hydrogen) atoms. The molecule has 2 N–H and O–H groups in total.